The summed E-state index contributed by atoms with van der Waals surface area (Å²) in [5.74, 6) is -2.48. The first-order chi connectivity index (χ1) is 18.4. The van der Waals surface area contributed by atoms with Crippen LogP contribution in [0.1, 0.15) is 43.4 Å². The molecule has 0 saturated carbocycles. The van der Waals surface area contributed by atoms with Crippen LogP contribution in [0.15, 0.2) is 60.7 Å². The number of unbranched alkanes of at least 4 members (excludes halogenated alkanes) is 1. The highest BCUT2D eigenvalue weighted by Gasteiger charge is 2.77. The molecule has 2 aromatic rings. The molecule has 202 valence electrons. The lowest BCUT2D eigenvalue weighted by Crippen LogP contribution is -2.56. The fraction of sp³-hybridized carbons (Fsp3) is 0.483. The Balaban J connectivity index is 1.50. The van der Waals surface area contributed by atoms with Gasteiger partial charge in [-0.1, -0.05) is 89.9 Å². The molecule has 5 rings (SSSR count). The second-order valence-electron chi connectivity index (χ2n) is 10.4. The molecule has 0 aliphatic carbocycles. The summed E-state index contributed by atoms with van der Waals surface area (Å²) in [5, 5.41) is 16.5. The molecule has 1 spiro atoms. The molecular weight excluding hydrogens is 550 g/mol. The van der Waals surface area contributed by atoms with Crippen LogP contribution in [0.4, 0.5) is 0 Å². The van der Waals surface area contributed by atoms with E-state index in [1.165, 1.54) is 4.90 Å². The van der Waals surface area contributed by atoms with Crippen molar-refractivity contribution in [1.29, 1.82) is 0 Å². The molecule has 3 N–H and O–H groups in total. The zero-order chi connectivity index (χ0) is 26.9. The molecular formula is C29H34BrN3O5. The van der Waals surface area contributed by atoms with Gasteiger partial charge in [0, 0.05) is 17.9 Å². The maximum atomic E-state index is 14.2. The Morgan fingerprint density at radius 2 is 1.79 bits per heavy atom. The van der Waals surface area contributed by atoms with Crippen LogP contribution in [0, 0.1) is 11.8 Å². The lowest BCUT2D eigenvalue weighted by Gasteiger charge is -2.37. The van der Waals surface area contributed by atoms with Crippen LogP contribution in [0.3, 0.4) is 0 Å². The molecule has 0 radical (unpaired) electrons. The number of halogens is 1. The fourth-order valence-electron chi connectivity index (χ4n) is 6.42. The van der Waals surface area contributed by atoms with E-state index in [0.29, 0.717) is 19.5 Å². The first kappa shape index (κ1) is 26.8. The minimum absolute atomic E-state index is 0.186. The summed E-state index contributed by atoms with van der Waals surface area (Å²) in [6.07, 6.45) is 1.61. The number of nitrogens with one attached hydrogen (secondary N) is 2. The number of ether oxygens (including phenoxy) is 1. The number of nitrogens with zero attached hydrogens (tertiary/aromatic N) is 1. The van der Waals surface area contributed by atoms with E-state index in [1.807, 2.05) is 67.6 Å². The van der Waals surface area contributed by atoms with Crippen molar-refractivity contribution in [1.82, 2.24) is 15.5 Å². The molecule has 0 aromatic heterocycles. The number of aliphatic hydroxyl groups excluding tert-OH is 1. The number of fused-ring (bicyclic) bond motifs is 1. The van der Waals surface area contributed by atoms with Crippen LogP contribution < -0.4 is 10.6 Å². The van der Waals surface area contributed by atoms with Gasteiger partial charge in [0.1, 0.15) is 11.6 Å². The molecule has 2 bridgehead atoms. The molecule has 3 aliphatic rings. The first-order valence-corrected chi connectivity index (χ1v) is 14.2. The quantitative estimate of drug-likeness (QED) is 0.294. The van der Waals surface area contributed by atoms with Gasteiger partial charge in [-0.25, -0.2) is 0 Å². The third-order valence-electron chi connectivity index (χ3n) is 8.11. The van der Waals surface area contributed by atoms with Crippen molar-refractivity contribution in [2.75, 3.05) is 13.2 Å². The van der Waals surface area contributed by atoms with Crippen molar-refractivity contribution >= 4 is 33.7 Å². The number of carbonyl (C=O) groups is 3. The first-order valence-electron chi connectivity index (χ1n) is 13.3. The van der Waals surface area contributed by atoms with E-state index >= 15 is 0 Å². The summed E-state index contributed by atoms with van der Waals surface area (Å²) in [6, 6.07) is 17.1. The van der Waals surface area contributed by atoms with Crippen molar-refractivity contribution in [2.45, 2.75) is 61.3 Å². The van der Waals surface area contributed by atoms with Gasteiger partial charge in [0.05, 0.1) is 30.6 Å². The molecule has 3 aliphatic heterocycles. The molecule has 3 unspecified atom stereocenters. The minimum atomic E-state index is -1.16. The summed E-state index contributed by atoms with van der Waals surface area (Å²) >= 11 is 3.69. The predicted molar refractivity (Wildman–Crippen MR) is 145 cm³/mol. The number of hydrogen-bond donors (Lipinski definition) is 3. The van der Waals surface area contributed by atoms with E-state index in [0.717, 1.165) is 24.0 Å². The van der Waals surface area contributed by atoms with Gasteiger partial charge in [0.25, 0.3) is 0 Å². The highest BCUT2D eigenvalue weighted by Crippen LogP contribution is 2.61. The van der Waals surface area contributed by atoms with E-state index < -0.39 is 35.6 Å². The average Bonchev–Trinajstić information content (AvgIpc) is 3.53. The Morgan fingerprint density at radius 3 is 2.45 bits per heavy atom. The van der Waals surface area contributed by atoms with Crippen LogP contribution in [0.25, 0.3) is 0 Å². The number of alkyl halides is 1. The summed E-state index contributed by atoms with van der Waals surface area (Å²) in [5.41, 5.74) is 0.511. The zero-order valence-corrected chi connectivity index (χ0v) is 23.0. The topological polar surface area (TPSA) is 108 Å². The lowest BCUT2D eigenvalue weighted by molar-refractivity contribution is -0.145. The molecule has 9 heteroatoms. The number of amides is 3. The smallest absolute Gasteiger partial charge is 0.245 e. The van der Waals surface area contributed by atoms with E-state index in [1.54, 1.807) is 0 Å². The molecule has 3 saturated heterocycles. The zero-order valence-electron chi connectivity index (χ0n) is 21.4. The molecule has 3 heterocycles. The van der Waals surface area contributed by atoms with Crippen LogP contribution in [0.5, 0.6) is 0 Å². The SMILES string of the molecule is CCCCNC(=O)C1N([C@H](CO)c2ccccc2)C(=O)[C@@H]2[C@H](C(=O)NCc3ccccc3)[C@H]3OC12CC3Br. The van der Waals surface area contributed by atoms with Crippen LogP contribution in [-0.4, -0.2) is 63.5 Å². The number of rotatable bonds is 10. The molecule has 38 heavy (non-hydrogen) atoms. The predicted octanol–water partition coefficient (Wildman–Crippen LogP) is 2.70. The van der Waals surface area contributed by atoms with Crippen LogP contribution in [-0.2, 0) is 25.7 Å². The van der Waals surface area contributed by atoms with Gasteiger partial charge in [-0.2, -0.15) is 0 Å². The summed E-state index contributed by atoms with van der Waals surface area (Å²) in [7, 11) is 0. The minimum Gasteiger partial charge on any atom is -0.394 e. The second kappa shape index (κ2) is 11.2. The fourth-order valence-corrected chi connectivity index (χ4v) is 7.36. The van der Waals surface area contributed by atoms with Crippen molar-refractivity contribution in [2.24, 2.45) is 11.8 Å². The Morgan fingerprint density at radius 1 is 1.11 bits per heavy atom. The molecule has 2 aromatic carbocycles. The van der Waals surface area contributed by atoms with Crippen LogP contribution >= 0.6 is 15.9 Å². The highest BCUT2D eigenvalue weighted by atomic mass is 79.9. The summed E-state index contributed by atoms with van der Waals surface area (Å²) < 4.78 is 6.54. The third-order valence-corrected chi connectivity index (χ3v) is 8.96. The van der Waals surface area contributed by atoms with E-state index in [-0.39, 0.29) is 29.2 Å². The molecule has 7 atom stereocenters. The van der Waals surface area contributed by atoms with Gasteiger partial charge in [-0.15, -0.1) is 0 Å². The van der Waals surface area contributed by atoms with Gasteiger partial charge >= 0.3 is 0 Å². The Labute approximate surface area is 231 Å². The average molecular weight is 585 g/mol. The second-order valence-corrected chi connectivity index (χ2v) is 11.5. The molecule has 3 fully saturated rings. The van der Waals surface area contributed by atoms with Gasteiger partial charge in [-0.05, 0) is 24.0 Å². The number of likely N-dealkylation sites (tertiary alicyclic amines) is 1. The van der Waals surface area contributed by atoms with Gasteiger partial charge < -0.3 is 25.4 Å². The number of aliphatic hydroxyl groups is 1. The summed E-state index contributed by atoms with van der Waals surface area (Å²) in [6.45, 7) is 2.49. The Hall–Kier alpha value is -2.75. The normalized spacial score (nSPS) is 30.2. The van der Waals surface area contributed by atoms with Crippen molar-refractivity contribution in [3.05, 3.63) is 71.8 Å². The van der Waals surface area contributed by atoms with Crippen molar-refractivity contribution in [3.63, 3.8) is 0 Å². The van der Waals surface area contributed by atoms with E-state index in [2.05, 4.69) is 26.6 Å². The van der Waals surface area contributed by atoms with Crippen LogP contribution in [0.2, 0.25) is 0 Å². The Bertz CT molecular complexity index is 1170. The highest BCUT2D eigenvalue weighted by molar-refractivity contribution is 9.09. The van der Waals surface area contributed by atoms with E-state index in [4.69, 9.17) is 4.74 Å². The lowest BCUT2D eigenvalue weighted by atomic mass is 9.70. The third kappa shape index (κ3) is 4.54. The molecule has 3 amide bonds. The summed E-state index contributed by atoms with van der Waals surface area (Å²) in [4.78, 5) is 42.9. The largest absolute Gasteiger partial charge is 0.394 e. The van der Waals surface area contributed by atoms with Crippen molar-refractivity contribution < 1.29 is 24.2 Å². The molecule has 8 nitrogen and oxygen atoms in total. The standard InChI is InChI=1S/C29H34BrN3O5/c1-2-3-14-31-27(36)25-29-15-20(30)24(38-29)22(26(35)32-16-18-10-6-4-7-11-18)23(29)28(37)33(25)21(17-34)19-12-8-5-9-13-19/h4-13,20-25,34H,2-3,14-17H2,1H3,(H,31,36)(H,32,35)/t20?,21-,22+,23+,24+,25?,29?/m1/s1. The monoisotopic (exact) mass is 583 g/mol. The van der Waals surface area contributed by atoms with E-state index in [9.17, 15) is 19.5 Å². The Kier molecular flexibility index (Phi) is 7.88. The van der Waals surface area contributed by atoms with Crippen molar-refractivity contribution in [3.8, 4) is 0 Å². The number of carbonyl (C=O) groups excluding carboxylic acids is 3. The maximum Gasteiger partial charge on any atom is 0.245 e. The number of benzene rings is 2. The number of hydrogen-bond acceptors (Lipinski definition) is 5. The van der Waals surface area contributed by atoms with Gasteiger partial charge in [0.15, 0.2) is 0 Å². The maximum absolute atomic E-state index is 14.2. The van der Waals surface area contributed by atoms with Gasteiger partial charge in [-0.3, -0.25) is 14.4 Å². The van der Waals surface area contributed by atoms with Gasteiger partial charge in [0.2, 0.25) is 17.7 Å².